The largest absolute Gasteiger partial charge is 0.478 e. The maximum Gasteiger partial charge on any atom is 0.335 e. The molecule has 3 nitrogen and oxygen atoms in total. The van der Waals surface area contributed by atoms with Crippen molar-refractivity contribution < 1.29 is 9.90 Å². The summed E-state index contributed by atoms with van der Waals surface area (Å²) in [6.07, 6.45) is 4.77. The lowest BCUT2D eigenvalue weighted by Gasteiger charge is -2.17. The first-order chi connectivity index (χ1) is 8.67. The third kappa shape index (κ3) is 4.88. The summed E-state index contributed by atoms with van der Waals surface area (Å²) in [5.41, 5.74) is 1.48. The molecule has 0 aliphatic rings. The van der Waals surface area contributed by atoms with Crippen LogP contribution < -0.4 is 5.32 Å². The third-order valence-corrected chi connectivity index (χ3v) is 3.07. The summed E-state index contributed by atoms with van der Waals surface area (Å²) >= 11 is 0. The van der Waals surface area contributed by atoms with Gasteiger partial charge in [0.25, 0.3) is 0 Å². The minimum Gasteiger partial charge on any atom is -0.478 e. The Morgan fingerprint density at radius 2 is 1.72 bits per heavy atom. The van der Waals surface area contributed by atoms with Gasteiger partial charge in [-0.15, -0.1) is 0 Å². The first kappa shape index (κ1) is 14.7. The molecule has 0 saturated heterocycles. The van der Waals surface area contributed by atoms with Crippen molar-refractivity contribution in [2.75, 3.05) is 0 Å². The zero-order valence-electron chi connectivity index (χ0n) is 11.3. The quantitative estimate of drug-likeness (QED) is 0.742. The zero-order valence-corrected chi connectivity index (χ0v) is 11.3. The average molecular weight is 249 g/mol. The van der Waals surface area contributed by atoms with Gasteiger partial charge in [0.2, 0.25) is 0 Å². The van der Waals surface area contributed by atoms with Crippen molar-refractivity contribution in [3.05, 3.63) is 35.4 Å². The second-order valence-corrected chi connectivity index (χ2v) is 4.66. The number of nitrogens with one attached hydrogen (secondary N) is 1. The molecule has 0 aromatic heterocycles. The number of rotatable bonds is 8. The number of carboxylic acids is 1. The van der Waals surface area contributed by atoms with E-state index in [1.807, 2.05) is 12.1 Å². The topological polar surface area (TPSA) is 49.3 Å². The molecule has 0 atom stereocenters. The minimum atomic E-state index is -0.871. The highest BCUT2D eigenvalue weighted by atomic mass is 16.4. The van der Waals surface area contributed by atoms with Crippen LogP contribution in [0.3, 0.4) is 0 Å². The van der Waals surface area contributed by atoms with Crippen molar-refractivity contribution in [3.63, 3.8) is 0 Å². The van der Waals surface area contributed by atoms with E-state index in [1.165, 1.54) is 25.7 Å². The third-order valence-electron chi connectivity index (χ3n) is 3.07. The fraction of sp³-hybridized carbons (Fsp3) is 0.533. The molecule has 18 heavy (non-hydrogen) atoms. The van der Waals surface area contributed by atoms with E-state index in [9.17, 15) is 4.79 Å². The summed E-state index contributed by atoms with van der Waals surface area (Å²) < 4.78 is 0. The average Bonchev–Trinajstić information content (AvgIpc) is 2.37. The van der Waals surface area contributed by atoms with Crippen LogP contribution in [0.25, 0.3) is 0 Å². The molecule has 0 saturated carbocycles. The van der Waals surface area contributed by atoms with Crippen molar-refractivity contribution in [2.24, 2.45) is 0 Å². The highest BCUT2D eigenvalue weighted by molar-refractivity contribution is 5.87. The van der Waals surface area contributed by atoms with Crippen molar-refractivity contribution in [2.45, 2.75) is 52.1 Å². The Hall–Kier alpha value is -1.35. The van der Waals surface area contributed by atoms with E-state index >= 15 is 0 Å². The van der Waals surface area contributed by atoms with E-state index in [0.717, 1.165) is 12.1 Å². The molecule has 1 aromatic carbocycles. The summed E-state index contributed by atoms with van der Waals surface area (Å²) in [7, 11) is 0. The van der Waals surface area contributed by atoms with E-state index in [2.05, 4.69) is 19.2 Å². The second kappa shape index (κ2) is 7.88. The predicted octanol–water partition coefficient (Wildman–Crippen LogP) is 3.44. The Labute approximate surface area is 109 Å². The number of carbonyl (C=O) groups is 1. The van der Waals surface area contributed by atoms with Gasteiger partial charge in [-0.25, -0.2) is 4.79 Å². The van der Waals surface area contributed by atoms with Crippen LogP contribution >= 0.6 is 0 Å². The highest BCUT2D eigenvalue weighted by Gasteiger charge is 2.06. The minimum absolute atomic E-state index is 0.345. The van der Waals surface area contributed by atoms with Gasteiger partial charge in [0.15, 0.2) is 0 Å². The molecular formula is C15H23NO2. The highest BCUT2D eigenvalue weighted by Crippen LogP contribution is 2.08. The molecule has 0 amide bonds. The van der Waals surface area contributed by atoms with Gasteiger partial charge in [-0.1, -0.05) is 38.8 Å². The van der Waals surface area contributed by atoms with E-state index < -0.39 is 5.97 Å². The van der Waals surface area contributed by atoms with Crippen molar-refractivity contribution in [1.29, 1.82) is 0 Å². The fourth-order valence-electron chi connectivity index (χ4n) is 2.07. The Morgan fingerprint density at radius 1 is 1.17 bits per heavy atom. The molecule has 0 spiro atoms. The smallest absolute Gasteiger partial charge is 0.335 e. The second-order valence-electron chi connectivity index (χ2n) is 4.66. The summed E-state index contributed by atoms with van der Waals surface area (Å²) in [4.78, 5) is 10.7. The predicted molar refractivity (Wildman–Crippen MR) is 73.8 cm³/mol. The molecule has 100 valence electrons. The monoisotopic (exact) mass is 249 g/mol. The van der Waals surface area contributed by atoms with Gasteiger partial charge >= 0.3 is 5.97 Å². The van der Waals surface area contributed by atoms with Crippen LogP contribution in [0.1, 0.15) is 55.5 Å². The SMILES string of the molecule is CCCC(CCC)NCc1ccc(C(=O)O)cc1. The molecule has 2 N–H and O–H groups in total. The standard InChI is InChI=1S/C15H23NO2/c1-3-5-14(6-4-2)16-11-12-7-9-13(10-8-12)15(17)18/h7-10,14,16H,3-6,11H2,1-2H3,(H,17,18). The molecule has 0 aliphatic heterocycles. The van der Waals surface area contributed by atoms with Gasteiger partial charge in [0.1, 0.15) is 0 Å². The molecule has 0 fully saturated rings. The van der Waals surface area contributed by atoms with Gasteiger partial charge < -0.3 is 10.4 Å². The van der Waals surface area contributed by atoms with Crippen LogP contribution in [0.4, 0.5) is 0 Å². The van der Waals surface area contributed by atoms with Crippen molar-refractivity contribution in [1.82, 2.24) is 5.32 Å². The van der Waals surface area contributed by atoms with Crippen LogP contribution in [0.2, 0.25) is 0 Å². The van der Waals surface area contributed by atoms with Crippen molar-refractivity contribution in [3.8, 4) is 0 Å². The van der Waals surface area contributed by atoms with E-state index in [4.69, 9.17) is 5.11 Å². The number of aromatic carboxylic acids is 1. The van der Waals surface area contributed by atoms with Gasteiger partial charge in [0.05, 0.1) is 5.56 Å². The Balaban J connectivity index is 2.48. The number of hydrogen-bond acceptors (Lipinski definition) is 2. The van der Waals surface area contributed by atoms with Crippen LogP contribution in [0.15, 0.2) is 24.3 Å². The molecule has 3 heteroatoms. The summed E-state index contributed by atoms with van der Waals surface area (Å²) in [6.45, 7) is 5.21. The molecule has 0 heterocycles. The Morgan fingerprint density at radius 3 is 2.17 bits per heavy atom. The first-order valence-electron chi connectivity index (χ1n) is 6.73. The van der Waals surface area contributed by atoms with Crippen LogP contribution in [0.5, 0.6) is 0 Å². The number of carboxylic acid groups (broad SMARTS) is 1. The lowest BCUT2D eigenvalue weighted by Crippen LogP contribution is -2.28. The molecule has 1 aromatic rings. The fourth-order valence-corrected chi connectivity index (χ4v) is 2.07. The first-order valence-corrected chi connectivity index (χ1v) is 6.73. The molecular weight excluding hydrogens is 226 g/mol. The van der Waals surface area contributed by atoms with E-state index in [-0.39, 0.29) is 0 Å². The maximum atomic E-state index is 10.7. The summed E-state index contributed by atoms with van der Waals surface area (Å²) in [5, 5.41) is 12.4. The Kier molecular flexibility index (Phi) is 6.44. The molecule has 0 aliphatic carbocycles. The van der Waals surface area contributed by atoms with E-state index in [1.54, 1.807) is 12.1 Å². The van der Waals surface area contributed by atoms with Gasteiger partial charge in [-0.05, 0) is 30.5 Å². The molecule has 1 rings (SSSR count). The maximum absolute atomic E-state index is 10.7. The van der Waals surface area contributed by atoms with Crippen LogP contribution in [-0.4, -0.2) is 17.1 Å². The lowest BCUT2D eigenvalue weighted by molar-refractivity contribution is 0.0697. The number of benzene rings is 1. The zero-order chi connectivity index (χ0) is 13.4. The van der Waals surface area contributed by atoms with Crippen molar-refractivity contribution >= 4 is 5.97 Å². The Bertz CT molecular complexity index is 353. The molecule has 0 bridgehead atoms. The molecule has 0 unspecified atom stereocenters. The summed E-state index contributed by atoms with van der Waals surface area (Å²) in [6, 6.07) is 7.65. The molecule has 0 radical (unpaired) electrons. The van der Waals surface area contributed by atoms with Gasteiger partial charge in [0, 0.05) is 12.6 Å². The number of hydrogen-bond donors (Lipinski definition) is 2. The normalized spacial score (nSPS) is 10.8. The van der Waals surface area contributed by atoms with Crippen LogP contribution in [-0.2, 0) is 6.54 Å². The lowest BCUT2D eigenvalue weighted by atomic mass is 10.1. The van der Waals surface area contributed by atoms with Gasteiger partial charge in [-0.3, -0.25) is 0 Å². The van der Waals surface area contributed by atoms with Gasteiger partial charge in [-0.2, -0.15) is 0 Å². The van der Waals surface area contributed by atoms with E-state index in [0.29, 0.717) is 11.6 Å². The van der Waals surface area contributed by atoms with Crippen LogP contribution in [0, 0.1) is 0 Å². The summed E-state index contributed by atoms with van der Waals surface area (Å²) in [5.74, 6) is -0.871.